The van der Waals surface area contributed by atoms with Crippen LogP contribution in [0.1, 0.15) is 72.2 Å². The summed E-state index contributed by atoms with van der Waals surface area (Å²) in [6.45, 7) is 9.62. The quantitative estimate of drug-likeness (QED) is 0.171. The molecule has 4 aliphatic carbocycles. The zero-order valence-corrected chi connectivity index (χ0v) is 37.7. The average molecular weight is 842 g/mol. The summed E-state index contributed by atoms with van der Waals surface area (Å²) >= 11 is 0. The Labute approximate surface area is 387 Å². The van der Waals surface area contributed by atoms with Gasteiger partial charge in [0, 0.05) is 27.8 Å². The van der Waals surface area contributed by atoms with Gasteiger partial charge in [0.05, 0.1) is 11.1 Å². The summed E-state index contributed by atoms with van der Waals surface area (Å²) in [6, 6.07) is 80.7. The molecule has 1 spiro atoms. The molecule has 0 radical (unpaired) electrons. The molecule has 0 amide bonds. The molecule has 0 heterocycles. The molecule has 66 heavy (non-hydrogen) atoms. The van der Waals surface area contributed by atoms with Gasteiger partial charge in [0.15, 0.2) is 0 Å². The predicted molar refractivity (Wildman–Crippen MR) is 275 cm³/mol. The SMILES string of the molecule is CC1(C)c2ccccc2-c2ccc(N(c3ccc4c(c3)C(C)(C)c3cc(-c5ccc6ccccc6c5)ccc3-4)c3cccc4c3-c3ccccc3C43c4ccccc4-c4ccccc43)cc21. The average Bonchev–Trinajstić information content (AvgIpc) is 3.99. The molecule has 10 aromatic carbocycles. The maximum atomic E-state index is 2.58. The number of hydrogen-bond donors (Lipinski definition) is 0. The van der Waals surface area contributed by atoms with E-state index in [1.807, 2.05) is 0 Å². The Morgan fingerprint density at radius 1 is 0.288 bits per heavy atom. The second-order valence-corrected chi connectivity index (χ2v) is 20.0. The molecular weight excluding hydrogens is 795 g/mol. The second kappa shape index (κ2) is 13.2. The molecular formula is C65H47N. The van der Waals surface area contributed by atoms with Crippen LogP contribution in [-0.4, -0.2) is 0 Å². The van der Waals surface area contributed by atoms with Crippen LogP contribution < -0.4 is 4.90 Å². The van der Waals surface area contributed by atoms with E-state index in [9.17, 15) is 0 Å². The van der Waals surface area contributed by atoms with Crippen molar-refractivity contribution < 1.29 is 0 Å². The minimum atomic E-state index is -0.438. The van der Waals surface area contributed by atoms with E-state index in [0.717, 1.165) is 5.69 Å². The fourth-order valence-electron chi connectivity index (χ4n) is 13.0. The van der Waals surface area contributed by atoms with E-state index >= 15 is 0 Å². The lowest BCUT2D eigenvalue weighted by Gasteiger charge is -2.33. The first-order valence-corrected chi connectivity index (χ1v) is 23.5. The van der Waals surface area contributed by atoms with Crippen molar-refractivity contribution in [2.75, 3.05) is 4.90 Å². The molecule has 0 unspecified atom stereocenters. The standard InChI is InChI=1S/C65H47N/c1-63(2)53-22-11-7-18-46(53)50-34-31-44(38-59(50)63)66(45-32-35-51-49-33-30-43(37-58(49)64(3,4)60(51)39-45)42-29-28-40-16-5-6-17-41(40)36-42)61-27-15-26-57-62(61)52-21-10-14-25-56(52)65(57)54-23-12-8-19-47(54)48-20-9-13-24-55(48)65/h5-39H,1-4H3. The number of anilines is 3. The van der Waals surface area contributed by atoms with E-state index in [0.29, 0.717) is 0 Å². The molecule has 1 nitrogen and oxygen atoms in total. The van der Waals surface area contributed by atoms with Crippen LogP contribution in [0.2, 0.25) is 0 Å². The van der Waals surface area contributed by atoms with Crippen molar-refractivity contribution in [3.63, 3.8) is 0 Å². The van der Waals surface area contributed by atoms with Gasteiger partial charge in [-0.1, -0.05) is 198 Å². The Morgan fingerprint density at radius 2 is 0.712 bits per heavy atom. The third-order valence-corrected chi connectivity index (χ3v) is 16.1. The first-order chi connectivity index (χ1) is 32.2. The molecule has 0 saturated carbocycles. The van der Waals surface area contributed by atoms with Gasteiger partial charge in [0.25, 0.3) is 0 Å². The van der Waals surface area contributed by atoms with E-state index < -0.39 is 5.41 Å². The van der Waals surface area contributed by atoms with Gasteiger partial charge in [0.1, 0.15) is 0 Å². The van der Waals surface area contributed by atoms with Crippen molar-refractivity contribution >= 4 is 27.8 Å². The number of rotatable bonds is 4. The molecule has 14 rings (SSSR count). The van der Waals surface area contributed by atoms with Crippen molar-refractivity contribution in [1.82, 2.24) is 0 Å². The molecule has 0 fully saturated rings. The van der Waals surface area contributed by atoms with Gasteiger partial charge in [-0.05, 0) is 148 Å². The van der Waals surface area contributed by atoms with E-state index in [1.165, 1.54) is 122 Å². The lowest BCUT2D eigenvalue weighted by atomic mass is 9.70. The van der Waals surface area contributed by atoms with Crippen LogP contribution >= 0.6 is 0 Å². The van der Waals surface area contributed by atoms with Crippen LogP contribution in [0.25, 0.3) is 66.4 Å². The van der Waals surface area contributed by atoms with E-state index in [4.69, 9.17) is 0 Å². The fourth-order valence-corrected chi connectivity index (χ4v) is 13.0. The van der Waals surface area contributed by atoms with E-state index in [2.05, 4.69) is 245 Å². The van der Waals surface area contributed by atoms with Gasteiger partial charge < -0.3 is 4.90 Å². The Hall–Kier alpha value is -7.74. The van der Waals surface area contributed by atoms with Crippen LogP contribution in [-0.2, 0) is 16.2 Å². The first-order valence-electron chi connectivity index (χ1n) is 23.5. The zero-order valence-electron chi connectivity index (χ0n) is 37.7. The minimum absolute atomic E-state index is 0.148. The molecule has 312 valence electrons. The van der Waals surface area contributed by atoms with E-state index in [-0.39, 0.29) is 10.8 Å². The molecule has 0 bridgehead atoms. The third kappa shape index (κ3) is 4.80. The highest BCUT2D eigenvalue weighted by Gasteiger charge is 2.52. The van der Waals surface area contributed by atoms with Gasteiger partial charge in [-0.3, -0.25) is 0 Å². The topological polar surface area (TPSA) is 3.24 Å². The minimum Gasteiger partial charge on any atom is -0.310 e. The van der Waals surface area contributed by atoms with E-state index in [1.54, 1.807) is 0 Å². The zero-order chi connectivity index (χ0) is 44.1. The maximum Gasteiger partial charge on any atom is 0.0726 e. The molecule has 0 atom stereocenters. The largest absolute Gasteiger partial charge is 0.310 e. The summed E-state index contributed by atoms with van der Waals surface area (Å²) in [5, 5.41) is 2.54. The summed E-state index contributed by atoms with van der Waals surface area (Å²) < 4.78 is 0. The molecule has 0 N–H and O–H groups in total. The molecule has 0 saturated heterocycles. The van der Waals surface area contributed by atoms with Crippen molar-refractivity contribution in [3.05, 3.63) is 257 Å². The summed E-state index contributed by atoms with van der Waals surface area (Å²) in [6.07, 6.45) is 0. The van der Waals surface area contributed by atoms with Gasteiger partial charge in [-0.2, -0.15) is 0 Å². The lowest BCUT2D eigenvalue weighted by molar-refractivity contribution is 0.660. The van der Waals surface area contributed by atoms with Crippen molar-refractivity contribution in [3.8, 4) is 55.6 Å². The molecule has 1 heteroatoms. The van der Waals surface area contributed by atoms with Crippen molar-refractivity contribution in [2.45, 2.75) is 43.9 Å². The third-order valence-electron chi connectivity index (χ3n) is 16.1. The Morgan fingerprint density at radius 3 is 1.35 bits per heavy atom. The lowest BCUT2D eigenvalue weighted by Crippen LogP contribution is -2.26. The highest BCUT2D eigenvalue weighted by Crippen LogP contribution is 2.65. The van der Waals surface area contributed by atoms with Gasteiger partial charge in [-0.15, -0.1) is 0 Å². The van der Waals surface area contributed by atoms with Gasteiger partial charge in [0.2, 0.25) is 0 Å². The maximum absolute atomic E-state index is 2.58. The van der Waals surface area contributed by atoms with Gasteiger partial charge in [-0.25, -0.2) is 0 Å². The van der Waals surface area contributed by atoms with Crippen LogP contribution in [0.5, 0.6) is 0 Å². The fraction of sp³-hybridized carbons (Fsp3) is 0.108. The molecule has 10 aromatic rings. The number of fused-ring (bicyclic) bond motifs is 17. The van der Waals surface area contributed by atoms with Crippen LogP contribution in [0, 0.1) is 0 Å². The second-order valence-electron chi connectivity index (χ2n) is 20.0. The summed E-state index contributed by atoms with van der Waals surface area (Å²) in [4.78, 5) is 2.58. The number of benzene rings is 10. The number of nitrogens with zero attached hydrogens (tertiary/aromatic N) is 1. The Bertz CT molecular complexity index is 3680. The summed E-state index contributed by atoms with van der Waals surface area (Å²) in [5.74, 6) is 0. The Balaban J connectivity index is 0.992. The summed E-state index contributed by atoms with van der Waals surface area (Å²) in [5.41, 5.74) is 26.6. The van der Waals surface area contributed by atoms with Crippen LogP contribution in [0.15, 0.2) is 212 Å². The predicted octanol–water partition coefficient (Wildman–Crippen LogP) is 16.9. The smallest absolute Gasteiger partial charge is 0.0726 e. The van der Waals surface area contributed by atoms with Crippen LogP contribution in [0.3, 0.4) is 0 Å². The monoisotopic (exact) mass is 841 g/mol. The van der Waals surface area contributed by atoms with Crippen molar-refractivity contribution in [1.29, 1.82) is 0 Å². The molecule has 0 aromatic heterocycles. The summed E-state index contributed by atoms with van der Waals surface area (Å²) in [7, 11) is 0. The normalized spacial score (nSPS) is 15.3. The van der Waals surface area contributed by atoms with Crippen molar-refractivity contribution in [2.24, 2.45) is 0 Å². The van der Waals surface area contributed by atoms with Crippen LogP contribution in [0.4, 0.5) is 17.1 Å². The highest BCUT2D eigenvalue weighted by atomic mass is 15.1. The number of hydrogen-bond acceptors (Lipinski definition) is 1. The first kappa shape index (κ1) is 37.6. The molecule has 0 aliphatic heterocycles. The molecule has 4 aliphatic rings. The Kier molecular flexibility index (Phi) is 7.51. The highest BCUT2D eigenvalue weighted by molar-refractivity contribution is 6.02. The van der Waals surface area contributed by atoms with Gasteiger partial charge >= 0.3 is 0 Å².